The molecule has 0 saturated heterocycles. The molecule has 94 valence electrons. The Balaban J connectivity index is 2.42. The highest BCUT2D eigenvalue weighted by Crippen LogP contribution is 2.27. The minimum atomic E-state index is 0.229. The van der Waals surface area contributed by atoms with Gasteiger partial charge in [0.1, 0.15) is 0 Å². The third-order valence-electron chi connectivity index (χ3n) is 3.01. The van der Waals surface area contributed by atoms with Gasteiger partial charge in [-0.1, -0.05) is 18.2 Å². The van der Waals surface area contributed by atoms with E-state index in [2.05, 4.69) is 59.6 Å². The van der Waals surface area contributed by atoms with E-state index in [4.69, 9.17) is 0 Å². The number of aromatic nitrogens is 1. The number of benzene rings is 1. The smallest absolute Gasteiger partial charge is 0.0612 e. The monoisotopic (exact) mass is 241 g/mol. The van der Waals surface area contributed by atoms with Gasteiger partial charge in [0.05, 0.1) is 6.04 Å². The number of rotatable bonds is 4. The summed E-state index contributed by atoms with van der Waals surface area (Å²) in [6, 6.07) is 12.8. The lowest BCUT2D eigenvalue weighted by molar-refractivity contribution is 0.342. The molecule has 0 bridgehead atoms. The predicted molar refractivity (Wildman–Crippen MR) is 75.8 cm³/mol. The lowest BCUT2D eigenvalue weighted by atomic mass is 9.99. The molecule has 3 heteroatoms. The summed E-state index contributed by atoms with van der Waals surface area (Å²) in [7, 11) is 6.11. The van der Waals surface area contributed by atoms with Crippen molar-refractivity contribution in [2.45, 2.75) is 6.04 Å². The average molecular weight is 241 g/mol. The molecule has 0 aliphatic rings. The highest BCUT2D eigenvalue weighted by Gasteiger charge is 2.16. The van der Waals surface area contributed by atoms with E-state index in [9.17, 15) is 0 Å². The van der Waals surface area contributed by atoms with E-state index in [1.54, 1.807) is 6.20 Å². The maximum absolute atomic E-state index is 4.21. The molecule has 0 fully saturated rings. The number of nitrogens with zero attached hydrogens (tertiary/aromatic N) is 2. The second-order valence-corrected chi connectivity index (χ2v) is 4.53. The normalized spacial score (nSPS) is 12.4. The highest BCUT2D eigenvalue weighted by atomic mass is 15.1. The molecule has 1 atom stereocenters. The van der Waals surface area contributed by atoms with Gasteiger partial charge in [-0.3, -0.25) is 9.88 Å². The van der Waals surface area contributed by atoms with E-state index in [-0.39, 0.29) is 6.04 Å². The molecule has 3 nitrogen and oxygen atoms in total. The first kappa shape index (κ1) is 12.6. The van der Waals surface area contributed by atoms with Crippen LogP contribution in [0.3, 0.4) is 0 Å². The Morgan fingerprint density at radius 2 is 1.89 bits per heavy atom. The number of hydrogen-bond acceptors (Lipinski definition) is 3. The van der Waals surface area contributed by atoms with Crippen LogP contribution >= 0.6 is 0 Å². The van der Waals surface area contributed by atoms with Crippen molar-refractivity contribution in [2.75, 3.05) is 26.5 Å². The van der Waals surface area contributed by atoms with Gasteiger partial charge in [0.2, 0.25) is 0 Å². The van der Waals surface area contributed by atoms with Gasteiger partial charge >= 0.3 is 0 Å². The summed E-state index contributed by atoms with van der Waals surface area (Å²) in [5.41, 5.74) is 3.60. The molecule has 0 aliphatic heterocycles. The summed E-state index contributed by atoms with van der Waals surface area (Å²) in [6.07, 6.45) is 3.73. The zero-order chi connectivity index (χ0) is 13.0. The maximum atomic E-state index is 4.21. The lowest BCUT2D eigenvalue weighted by Gasteiger charge is -2.25. The van der Waals surface area contributed by atoms with Crippen molar-refractivity contribution in [3.05, 3.63) is 59.9 Å². The van der Waals surface area contributed by atoms with Crippen LogP contribution in [0.25, 0.3) is 0 Å². The van der Waals surface area contributed by atoms with Crippen LogP contribution in [0, 0.1) is 0 Å². The lowest BCUT2D eigenvalue weighted by Crippen LogP contribution is -2.21. The van der Waals surface area contributed by atoms with Crippen LogP contribution in [-0.4, -0.2) is 31.0 Å². The average Bonchev–Trinajstić information content (AvgIpc) is 2.40. The molecule has 2 rings (SSSR count). The quantitative estimate of drug-likeness (QED) is 0.892. The van der Waals surface area contributed by atoms with Crippen LogP contribution in [0.5, 0.6) is 0 Å². The summed E-state index contributed by atoms with van der Waals surface area (Å²) in [6.45, 7) is 0. The van der Waals surface area contributed by atoms with E-state index >= 15 is 0 Å². The summed E-state index contributed by atoms with van der Waals surface area (Å²) in [5, 5.41) is 3.18. The first-order valence-corrected chi connectivity index (χ1v) is 6.06. The van der Waals surface area contributed by atoms with Crippen molar-refractivity contribution in [1.82, 2.24) is 9.88 Å². The predicted octanol–water partition coefficient (Wildman–Crippen LogP) is 2.77. The first-order valence-electron chi connectivity index (χ1n) is 6.06. The summed E-state index contributed by atoms with van der Waals surface area (Å²) < 4.78 is 0. The van der Waals surface area contributed by atoms with Crippen molar-refractivity contribution in [1.29, 1.82) is 0 Å². The molecule has 1 heterocycles. The second kappa shape index (κ2) is 5.65. The number of anilines is 1. The van der Waals surface area contributed by atoms with Gasteiger partial charge in [-0.05, 0) is 43.4 Å². The molecule has 0 aliphatic carbocycles. The molecule has 1 unspecified atom stereocenters. The molecule has 1 aromatic heterocycles. The van der Waals surface area contributed by atoms with Gasteiger partial charge in [0, 0.05) is 25.1 Å². The van der Waals surface area contributed by atoms with Crippen LogP contribution in [0.1, 0.15) is 17.2 Å². The zero-order valence-corrected chi connectivity index (χ0v) is 11.1. The molecule has 1 N–H and O–H groups in total. The van der Waals surface area contributed by atoms with Crippen LogP contribution in [0.15, 0.2) is 48.8 Å². The minimum Gasteiger partial charge on any atom is -0.388 e. The molecule has 0 radical (unpaired) electrons. The molecule has 1 aromatic carbocycles. The minimum absolute atomic E-state index is 0.229. The van der Waals surface area contributed by atoms with Crippen LogP contribution < -0.4 is 5.32 Å². The summed E-state index contributed by atoms with van der Waals surface area (Å²) >= 11 is 0. The fraction of sp³-hybridized carbons (Fsp3) is 0.267. The van der Waals surface area contributed by atoms with Gasteiger partial charge in [-0.15, -0.1) is 0 Å². The Morgan fingerprint density at radius 1 is 1.11 bits per heavy atom. The standard InChI is InChI=1S/C15H19N3/c1-16-14-8-4-6-12(10-14)15(18(2)3)13-7-5-9-17-11-13/h4-11,15-16H,1-3H3. The molecule has 0 saturated carbocycles. The van der Waals surface area contributed by atoms with Gasteiger partial charge in [-0.2, -0.15) is 0 Å². The van der Waals surface area contributed by atoms with Crippen LogP contribution in [-0.2, 0) is 0 Å². The maximum Gasteiger partial charge on any atom is 0.0612 e. The second-order valence-electron chi connectivity index (χ2n) is 4.53. The van der Waals surface area contributed by atoms with Crippen molar-refractivity contribution in [3.63, 3.8) is 0 Å². The number of pyridine rings is 1. The molecular formula is C15H19N3. The zero-order valence-electron chi connectivity index (χ0n) is 11.1. The van der Waals surface area contributed by atoms with Crippen molar-refractivity contribution < 1.29 is 0 Å². The highest BCUT2D eigenvalue weighted by molar-refractivity contribution is 5.47. The van der Waals surface area contributed by atoms with E-state index in [0.29, 0.717) is 0 Å². The molecule has 0 amide bonds. The molecular weight excluding hydrogens is 222 g/mol. The van der Waals surface area contributed by atoms with Crippen molar-refractivity contribution in [2.24, 2.45) is 0 Å². The Kier molecular flexibility index (Phi) is 3.95. The SMILES string of the molecule is CNc1cccc(C(c2cccnc2)N(C)C)c1. The van der Waals surface area contributed by atoms with Crippen molar-refractivity contribution >= 4 is 5.69 Å². The van der Waals surface area contributed by atoms with Crippen molar-refractivity contribution in [3.8, 4) is 0 Å². The Bertz CT molecular complexity index is 494. The number of nitrogens with one attached hydrogen (secondary N) is 1. The van der Waals surface area contributed by atoms with Gasteiger partial charge in [0.25, 0.3) is 0 Å². The fourth-order valence-electron chi connectivity index (χ4n) is 2.19. The van der Waals surface area contributed by atoms with Gasteiger partial charge < -0.3 is 5.32 Å². The van der Waals surface area contributed by atoms with Gasteiger partial charge in [0.15, 0.2) is 0 Å². The van der Waals surface area contributed by atoms with Gasteiger partial charge in [-0.25, -0.2) is 0 Å². The third-order valence-corrected chi connectivity index (χ3v) is 3.01. The molecule has 0 spiro atoms. The topological polar surface area (TPSA) is 28.2 Å². The molecule has 2 aromatic rings. The summed E-state index contributed by atoms with van der Waals surface area (Å²) in [5.74, 6) is 0. The summed E-state index contributed by atoms with van der Waals surface area (Å²) in [4.78, 5) is 6.41. The Hall–Kier alpha value is -1.87. The Labute approximate surface area is 108 Å². The fourth-order valence-corrected chi connectivity index (χ4v) is 2.19. The largest absolute Gasteiger partial charge is 0.388 e. The third kappa shape index (κ3) is 2.68. The first-order chi connectivity index (χ1) is 8.72. The Morgan fingerprint density at radius 3 is 2.50 bits per heavy atom. The van der Waals surface area contributed by atoms with E-state index < -0.39 is 0 Å². The number of hydrogen-bond donors (Lipinski definition) is 1. The molecule has 18 heavy (non-hydrogen) atoms. The van der Waals surface area contributed by atoms with E-state index in [1.807, 2.05) is 19.3 Å². The van der Waals surface area contributed by atoms with Crippen LogP contribution in [0.4, 0.5) is 5.69 Å². The van der Waals surface area contributed by atoms with E-state index in [1.165, 1.54) is 11.1 Å². The van der Waals surface area contributed by atoms with E-state index in [0.717, 1.165) is 5.69 Å². The van der Waals surface area contributed by atoms with Crippen LogP contribution in [0.2, 0.25) is 0 Å².